The summed E-state index contributed by atoms with van der Waals surface area (Å²) < 4.78 is 34.2. The fourth-order valence-electron chi connectivity index (χ4n) is 11.6. The number of carboxylic acid groups (broad SMARTS) is 1. The van der Waals surface area contributed by atoms with Gasteiger partial charge in [0.05, 0.1) is 42.4 Å². The summed E-state index contributed by atoms with van der Waals surface area (Å²) in [4.78, 5) is 141. The van der Waals surface area contributed by atoms with Crippen LogP contribution >= 0.6 is 0 Å². The fraction of sp³-hybridized carbons (Fsp3) is 0.788. The molecule has 526 valence electrons. The first kappa shape index (κ1) is 75.4. The van der Waals surface area contributed by atoms with Gasteiger partial charge in [-0.25, -0.2) is 4.79 Å². The molecule has 0 radical (unpaired) electrons. The Kier molecular flexibility index (Phi) is 26.5. The van der Waals surface area contributed by atoms with E-state index in [2.05, 4.69) is 53.2 Å². The topological polar surface area (TPSA) is 652 Å². The number of aliphatic hydroxyl groups is 12. The van der Waals surface area contributed by atoms with Gasteiger partial charge >= 0.3 is 5.97 Å². The van der Waals surface area contributed by atoms with Crippen LogP contribution in [0.2, 0.25) is 0 Å². The van der Waals surface area contributed by atoms with E-state index >= 15 is 0 Å². The average molecular weight is 1340 g/mol. The molecule has 0 aromatic carbocycles. The predicted octanol–water partition coefficient (Wildman–Crippen LogP) is -16.5. The van der Waals surface area contributed by atoms with E-state index in [4.69, 9.17) is 34.2 Å². The van der Waals surface area contributed by atoms with E-state index in [0.717, 1.165) is 34.6 Å². The summed E-state index contributed by atoms with van der Waals surface area (Å²) in [7, 11) is 0. The van der Waals surface area contributed by atoms with Crippen molar-refractivity contribution >= 4 is 65.0 Å². The molecule has 93 heavy (non-hydrogen) atoms. The number of ether oxygens (including phenoxy) is 6. The average Bonchev–Trinajstić information content (AvgIpc) is 0.818. The molecule has 29 atom stereocenters. The Morgan fingerprint density at radius 3 is 0.806 bits per heavy atom. The number of nitrogens with one attached hydrogen (secondary N) is 10. The summed E-state index contributed by atoms with van der Waals surface area (Å²) in [6.45, 7) is 0.941. The number of rotatable bonds is 22. The largest absolute Gasteiger partial charge is 0.479 e. The lowest BCUT2D eigenvalue weighted by Crippen LogP contribution is -2.70. The molecule has 0 aromatic heterocycles. The highest BCUT2D eigenvalue weighted by Gasteiger charge is 2.55. The first-order valence-corrected chi connectivity index (χ1v) is 29.3. The molecule has 41 heteroatoms. The lowest BCUT2D eigenvalue weighted by Gasteiger charge is -2.44. The van der Waals surface area contributed by atoms with Gasteiger partial charge in [0.25, 0.3) is 23.6 Å². The highest BCUT2D eigenvalue weighted by atomic mass is 16.6. The van der Waals surface area contributed by atoms with E-state index in [0.29, 0.717) is 0 Å². The van der Waals surface area contributed by atoms with E-state index in [1.54, 1.807) is 0 Å². The number of nitrogens with two attached hydrogens (primary N) is 1. The number of aliphatic carboxylic acids is 1. The van der Waals surface area contributed by atoms with E-state index in [1.807, 2.05) is 0 Å². The third-order valence-electron chi connectivity index (χ3n) is 16.3. The molecule has 6 aliphatic heterocycles. The third kappa shape index (κ3) is 18.3. The zero-order valence-corrected chi connectivity index (χ0v) is 50.5. The molecule has 0 unspecified atom stereocenters. The van der Waals surface area contributed by atoms with Crippen LogP contribution in [0, 0.1) is 0 Å². The molecule has 6 saturated heterocycles. The van der Waals surface area contributed by atoms with Gasteiger partial charge in [0.2, 0.25) is 35.4 Å². The molecule has 25 N–H and O–H groups in total. The normalized spacial score (nSPS) is 40.1. The summed E-state index contributed by atoms with van der Waals surface area (Å²) >= 11 is 0. The Labute approximate surface area is 527 Å². The van der Waals surface area contributed by atoms with Crippen LogP contribution in [-0.2, 0) is 81.2 Å². The Balaban J connectivity index is 1.08. The van der Waals surface area contributed by atoms with Crippen LogP contribution in [0.25, 0.3) is 0 Å². The van der Waals surface area contributed by atoms with Crippen molar-refractivity contribution in [1.29, 1.82) is 0 Å². The van der Waals surface area contributed by atoms with Gasteiger partial charge in [0, 0.05) is 80.3 Å². The van der Waals surface area contributed by atoms with Crippen molar-refractivity contribution in [2.75, 3.05) is 39.3 Å². The zero-order valence-electron chi connectivity index (χ0n) is 50.5. The monoisotopic (exact) mass is 1340 g/mol. The standard InChI is InChI=1S/C52H83N11O30/c1-13(64)59-26-37(76)32(71)20(7-53)89-42(26)48(82)56-10-23-34(73)40(79)29(62-16(4)67)45(92-23)50(84)57-11-24-35(74)39(78)28(61-15(3)66)43(91-24)49(83)55-8-21-31(70)18(69)6-19(88-21)47(81)54-9-22-33(72)38(77)27(60-14(2)65)44(90-22)51(85)58-12-25-36(75)41(80)30(63-17(5)68)46(93-25)52(86)87/h18-46,69-80H,6-12,53H2,1-5H3,(H,54,81)(H,55,83)(H,56,82)(H,57,84)(H,58,85)(H,59,64)(H,60,65)(H,61,66)(H,62,67)(H,63,68)(H,86,87)/t18-,19-,20-,21-,22-,23-,24-,25-,26-,27-,28-,29-,30-,31+,32-,33-,34-,35-,36-,37-,38-,39-,40-,41-,42-,43-,44-,45-,46-/m1/s1. The Bertz CT molecular complexity index is 2710. The van der Waals surface area contributed by atoms with Gasteiger partial charge in [0.1, 0.15) is 104 Å². The maximum atomic E-state index is 14.0. The van der Waals surface area contributed by atoms with Crippen LogP contribution in [0.3, 0.4) is 0 Å². The molecular formula is C52H83N11O30. The molecule has 0 aromatic rings. The molecule has 6 heterocycles. The summed E-state index contributed by atoms with van der Waals surface area (Å²) in [5.74, 6) is -11.3. The lowest BCUT2D eigenvalue weighted by molar-refractivity contribution is -0.201. The minimum absolute atomic E-state index is 0.375. The molecule has 6 fully saturated rings. The van der Waals surface area contributed by atoms with Crippen molar-refractivity contribution in [3.8, 4) is 0 Å². The highest BCUT2D eigenvalue weighted by molar-refractivity contribution is 5.86. The second kappa shape index (κ2) is 32.7. The van der Waals surface area contributed by atoms with Crippen LogP contribution in [0.4, 0.5) is 0 Å². The second-order valence-electron chi connectivity index (χ2n) is 23.3. The van der Waals surface area contributed by atoms with Crippen molar-refractivity contribution in [3.63, 3.8) is 0 Å². The van der Waals surface area contributed by atoms with Gasteiger partial charge < -0.3 is 154 Å². The number of amides is 10. The van der Waals surface area contributed by atoms with Gasteiger partial charge in [-0.05, 0) is 0 Å². The van der Waals surface area contributed by atoms with Crippen LogP contribution in [-0.4, -0.2) is 347 Å². The molecule has 6 aliphatic rings. The van der Waals surface area contributed by atoms with Crippen molar-refractivity contribution in [1.82, 2.24) is 53.2 Å². The van der Waals surface area contributed by atoms with Crippen LogP contribution in [0.1, 0.15) is 41.0 Å². The van der Waals surface area contributed by atoms with Crippen LogP contribution in [0.15, 0.2) is 0 Å². The number of hydrogen-bond donors (Lipinski definition) is 24. The SMILES string of the molecule is CC(=O)N[C@@H]1[C@@H](O)[C@H](O)[C@@H](CNC(=O)[C@@H]2O[C@H](CNC(=O)[C@H]3C[C@@H](O)[C@H](O)[C@@H](CNC(=O)[C@@H]4O[C@H](CNC(=O)[C@@H]5O[C@H](CNC(=O)[C@@H]6O[C@H](CN)[C@@H](O)[C@H](O)[C@H]6NC(C)=O)[C@@H](O)[C@H](O)[C@H]5NC(C)=O)[C@@H](O)[C@H](O)[C@H]4NC(C)=O)O3)[C@@H](O)[C@H](O)[C@H]2NC(C)=O)O[C@H]1C(=O)O. The lowest BCUT2D eigenvalue weighted by atomic mass is 9.90. The van der Waals surface area contributed by atoms with E-state index in [9.17, 15) is 119 Å². The molecule has 0 spiro atoms. The summed E-state index contributed by atoms with van der Waals surface area (Å²) in [6.07, 6.45) is -44.0. The van der Waals surface area contributed by atoms with E-state index in [1.165, 1.54) is 0 Å². The second-order valence-corrected chi connectivity index (χ2v) is 23.3. The first-order valence-electron chi connectivity index (χ1n) is 29.3. The Hall–Kier alpha value is -6.59. The number of carboxylic acids is 1. The van der Waals surface area contributed by atoms with Crippen molar-refractivity contribution in [2.24, 2.45) is 5.73 Å². The van der Waals surface area contributed by atoms with Gasteiger partial charge in [-0.3, -0.25) is 47.9 Å². The Morgan fingerprint density at radius 2 is 0.548 bits per heavy atom. The molecule has 10 amide bonds. The maximum absolute atomic E-state index is 14.0. The number of carbonyl (C=O) groups excluding carboxylic acids is 10. The molecule has 41 nitrogen and oxygen atoms in total. The molecule has 0 bridgehead atoms. The van der Waals surface area contributed by atoms with Crippen molar-refractivity contribution in [3.05, 3.63) is 0 Å². The number of hydrogen-bond acceptors (Lipinski definition) is 30. The first-order chi connectivity index (χ1) is 43.6. The number of aliphatic hydroxyl groups excluding tert-OH is 12. The van der Waals surface area contributed by atoms with Crippen LogP contribution in [0.5, 0.6) is 0 Å². The van der Waals surface area contributed by atoms with E-state index in [-0.39, 0.29) is 6.54 Å². The fourth-order valence-corrected chi connectivity index (χ4v) is 11.6. The van der Waals surface area contributed by atoms with Crippen molar-refractivity contribution < 1.29 is 148 Å². The molecule has 0 aliphatic carbocycles. The quantitative estimate of drug-likeness (QED) is 0.0479. The smallest absolute Gasteiger partial charge is 0.335 e. The van der Waals surface area contributed by atoms with Gasteiger partial charge in [0.15, 0.2) is 30.5 Å². The highest BCUT2D eigenvalue weighted by Crippen LogP contribution is 2.29. The van der Waals surface area contributed by atoms with Crippen LogP contribution < -0.4 is 58.9 Å². The van der Waals surface area contributed by atoms with E-state index < -0.39 is 281 Å². The van der Waals surface area contributed by atoms with Gasteiger partial charge in [-0.15, -0.1) is 0 Å². The maximum Gasteiger partial charge on any atom is 0.335 e. The summed E-state index contributed by atoms with van der Waals surface area (Å²) in [5.41, 5.74) is 5.64. The minimum atomic E-state index is -2.05. The zero-order chi connectivity index (χ0) is 69.4. The predicted molar refractivity (Wildman–Crippen MR) is 298 cm³/mol. The molecule has 0 saturated carbocycles. The molecular weight excluding hydrogens is 1260 g/mol. The number of carbonyl (C=O) groups is 11. The van der Waals surface area contributed by atoms with Crippen molar-refractivity contribution in [2.45, 2.75) is 218 Å². The minimum Gasteiger partial charge on any atom is -0.479 e. The summed E-state index contributed by atoms with van der Waals surface area (Å²) in [6, 6.07) is -8.27. The molecule has 6 rings (SSSR count). The van der Waals surface area contributed by atoms with Gasteiger partial charge in [-0.2, -0.15) is 0 Å². The summed E-state index contributed by atoms with van der Waals surface area (Å²) in [5, 5.41) is 164. The Morgan fingerprint density at radius 1 is 0.323 bits per heavy atom. The third-order valence-corrected chi connectivity index (χ3v) is 16.3. The van der Waals surface area contributed by atoms with Gasteiger partial charge in [-0.1, -0.05) is 0 Å².